The fraction of sp³-hybridized carbons (Fsp3) is 0.917. The summed E-state index contributed by atoms with van der Waals surface area (Å²) in [5.41, 5.74) is 0. The van der Waals surface area contributed by atoms with Gasteiger partial charge in [0, 0.05) is 12.6 Å². The van der Waals surface area contributed by atoms with Gasteiger partial charge in [0.25, 0.3) is 0 Å². The number of amides is 1. The maximum atomic E-state index is 11.9. The number of nitrogens with one attached hydrogen (secondary N) is 1. The van der Waals surface area contributed by atoms with Crippen LogP contribution in [-0.4, -0.2) is 47.7 Å². The van der Waals surface area contributed by atoms with Gasteiger partial charge in [-0.1, -0.05) is 6.92 Å². The van der Waals surface area contributed by atoms with Gasteiger partial charge in [-0.3, -0.25) is 9.69 Å². The first kappa shape index (κ1) is 11.9. The van der Waals surface area contributed by atoms with Gasteiger partial charge in [0.1, 0.15) is 0 Å². The summed E-state index contributed by atoms with van der Waals surface area (Å²) < 4.78 is 0. The minimum absolute atomic E-state index is 0.00963. The molecule has 3 atom stereocenters. The molecule has 2 aliphatic rings. The van der Waals surface area contributed by atoms with E-state index in [0.29, 0.717) is 5.92 Å². The maximum absolute atomic E-state index is 11.9. The van der Waals surface area contributed by atoms with E-state index >= 15 is 0 Å². The summed E-state index contributed by atoms with van der Waals surface area (Å²) in [6.07, 6.45) is 4.21. The topological polar surface area (TPSA) is 52.6 Å². The second kappa shape index (κ2) is 5.15. The number of nitrogens with zero attached hydrogens (tertiary/aromatic N) is 1. The predicted molar refractivity (Wildman–Crippen MR) is 62.0 cm³/mol. The molecule has 1 amide bonds. The Morgan fingerprint density at radius 1 is 1.44 bits per heavy atom. The molecule has 0 bridgehead atoms. The number of likely N-dealkylation sites (tertiary alicyclic amines) is 1. The Bertz CT molecular complexity index is 257. The van der Waals surface area contributed by atoms with Gasteiger partial charge in [0.2, 0.25) is 5.91 Å². The second-order valence-corrected chi connectivity index (χ2v) is 5.06. The van der Waals surface area contributed by atoms with Crippen LogP contribution >= 0.6 is 0 Å². The quantitative estimate of drug-likeness (QED) is 0.715. The van der Waals surface area contributed by atoms with Crippen LogP contribution in [0.3, 0.4) is 0 Å². The third-order valence-electron chi connectivity index (χ3n) is 4.02. The molecule has 2 saturated heterocycles. The highest BCUT2D eigenvalue weighted by atomic mass is 16.3. The van der Waals surface area contributed by atoms with Crippen molar-refractivity contribution in [3.05, 3.63) is 0 Å². The van der Waals surface area contributed by atoms with Crippen molar-refractivity contribution in [3.63, 3.8) is 0 Å². The zero-order valence-electron chi connectivity index (χ0n) is 9.98. The first-order valence-corrected chi connectivity index (χ1v) is 6.38. The fourth-order valence-electron chi connectivity index (χ4n) is 2.95. The highest BCUT2D eigenvalue weighted by Crippen LogP contribution is 2.28. The molecule has 92 valence electrons. The van der Waals surface area contributed by atoms with Gasteiger partial charge >= 0.3 is 0 Å². The molecule has 4 nitrogen and oxygen atoms in total. The van der Waals surface area contributed by atoms with Crippen LogP contribution in [-0.2, 0) is 4.79 Å². The summed E-state index contributed by atoms with van der Waals surface area (Å²) in [6, 6.07) is 0.165. The first-order valence-electron chi connectivity index (χ1n) is 6.38. The Labute approximate surface area is 97.0 Å². The van der Waals surface area contributed by atoms with Gasteiger partial charge in [-0.2, -0.15) is 0 Å². The number of carbonyl (C=O) groups is 1. The summed E-state index contributed by atoms with van der Waals surface area (Å²) in [4.78, 5) is 14.1. The molecule has 2 N–H and O–H groups in total. The van der Waals surface area contributed by atoms with Crippen molar-refractivity contribution in [1.29, 1.82) is 0 Å². The zero-order chi connectivity index (χ0) is 11.5. The van der Waals surface area contributed by atoms with Crippen LogP contribution in [0.15, 0.2) is 0 Å². The van der Waals surface area contributed by atoms with Crippen LogP contribution in [0.1, 0.15) is 32.6 Å². The first-order chi connectivity index (χ1) is 7.74. The molecule has 0 aromatic rings. The van der Waals surface area contributed by atoms with Gasteiger partial charge in [-0.25, -0.2) is 0 Å². The number of carbonyl (C=O) groups excluding carboxylic acids is 1. The molecule has 2 rings (SSSR count). The molecule has 0 saturated carbocycles. The number of rotatable bonds is 2. The highest BCUT2D eigenvalue weighted by molar-refractivity contribution is 5.82. The summed E-state index contributed by atoms with van der Waals surface area (Å²) >= 11 is 0. The monoisotopic (exact) mass is 226 g/mol. The number of hydrogen-bond donors (Lipinski definition) is 2. The van der Waals surface area contributed by atoms with E-state index in [1.54, 1.807) is 0 Å². The minimum Gasteiger partial charge on any atom is -0.395 e. The molecule has 4 heteroatoms. The van der Waals surface area contributed by atoms with E-state index in [-0.39, 0.29) is 24.6 Å². The lowest BCUT2D eigenvalue weighted by Gasteiger charge is -2.31. The fourth-order valence-corrected chi connectivity index (χ4v) is 2.95. The van der Waals surface area contributed by atoms with E-state index in [1.807, 2.05) is 0 Å². The van der Waals surface area contributed by atoms with Crippen molar-refractivity contribution in [2.45, 2.75) is 44.7 Å². The average molecular weight is 226 g/mol. The Morgan fingerprint density at radius 3 is 3.00 bits per heavy atom. The number of hydrogen-bond acceptors (Lipinski definition) is 3. The summed E-state index contributed by atoms with van der Waals surface area (Å²) in [5, 5.41) is 12.4. The molecular weight excluding hydrogens is 204 g/mol. The van der Waals surface area contributed by atoms with Crippen LogP contribution in [0, 0.1) is 5.92 Å². The SMILES string of the molecule is CC1CCN(C2CCCCNC2=O)C1CO. The lowest BCUT2D eigenvalue weighted by Crippen LogP contribution is -2.49. The van der Waals surface area contributed by atoms with Gasteiger partial charge in [0.15, 0.2) is 0 Å². The maximum Gasteiger partial charge on any atom is 0.237 e. The summed E-state index contributed by atoms with van der Waals surface area (Å²) in [7, 11) is 0. The lowest BCUT2D eigenvalue weighted by molar-refractivity contribution is -0.126. The third kappa shape index (κ3) is 2.23. The second-order valence-electron chi connectivity index (χ2n) is 5.06. The number of aliphatic hydroxyl groups excluding tert-OH is 1. The Balaban J connectivity index is 2.07. The van der Waals surface area contributed by atoms with E-state index in [2.05, 4.69) is 17.1 Å². The zero-order valence-corrected chi connectivity index (χ0v) is 9.98. The molecule has 16 heavy (non-hydrogen) atoms. The Morgan fingerprint density at radius 2 is 2.25 bits per heavy atom. The van der Waals surface area contributed by atoms with Crippen molar-refractivity contribution in [2.24, 2.45) is 5.92 Å². The normalized spacial score (nSPS) is 37.1. The largest absolute Gasteiger partial charge is 0.395 e. The van der Waals surface area contributed by atoms with Gasteiger partial charge in [-0.15, -0.1) is 0 Å². The van der Waals surface area contributed by atoms with E-state index in [1.165, 1.54) is 0 Å². The van der Waals surface area contributed by atoms with Crippen LogP contribution in [0.4, 0.5) is 0 Å². The van der Waals surface area contributed by atoms with Crippen molar-refractivity contribution in [2.75, 3.05) is 19.7 Å². The van der Waals surface area contributed by atoms with E-state index in [4.69, 9.17) is 0 Å². The van der Waals surface area contributed by atoms with Gasteiger partial charge < -0.3 is 10.4 Å². The molecule has 0 aromatic carbocycles. The molecule has 2 heterocycles. The molecule has 3 unspecified atom stereocenters. The molecule has 2 fully saturated rings. The predicted octanol–water partition coefficient (Wildman–Crippen LogP) is 0.358. The van der Waals surface area contributed by atoms with E-state index < -0.39 is 0 Å². The minimum atomic E-state index is -0.00963. The highest BCUT2D eigenvalue weighted by Gasteiger charge is 2.38. The van der Waals surface area contributed by atoms with Crippen LogP contribution < -0.4 is 5.32 Å². The third-order valence-corrected chi connectivity index (χ3v) is 4.02. The molecule has 0 aliphatic carbocycles. The Kier molecular flexibility index (Phi) is 3.82. The lowest BCUT2D eigenvalue weighted by atomic mass is 10.0. The Hall–Kier alpha value is -0.610. The van der Waals surface area contributed by atoms with Crippen molar-refractivity contribution >= 4 is 5.91 Å². The molecule has 0 aromatic heterocycles. The molecule has 0 spiro atoms. The average Bonchev–Trinajstić information content (AvgIpc) is 2.50. The smallest absolute Gasteiger partial charge is 0.237 e. The van der Waals surface area contributed by atoms with Crippen molar-refractivity contribution < 1.29 is 9.90 Å². The molecular formula is C12H22N2O2. The van der Waals surface area contributed by atoms with E-state index in [9.17, 15) is 9.90 Å². The van der Waals surface area contributed by atoms with Crippen molar-refractivity contribution in [1.82, 2.24) is 10.2 Å². The molecule has 0 radical (unpaired) electrons. The summed E-state index contributed by atoms with van der Waals surface area (Å²) in [5.74, 6) is 0.658. The number of aliphatic hydroxyl groups is 1. The van der Waals surface area contributed by atoms with Crippen molar-refractivity contribution in [3.8, 4) is 0 Å². The molecule has 2 aliphatic heterocycles. The summed E-state index contributed by atoms with van der Waals surface area (Å²) in [6.45, 7) is 4.09. The van der Waals surface area contributed by atoms with Crippen LogP contribution in [0.5, 0.6) is 0 Å². The standard InChI is InChI=1S/C12H22N2O2/c1-9-5-7-14(11(9)8-15)10-4-2-3-6-13-12(10)16/h9-11,15H,2-8H2,1H3,(H,13,16). The van der Waals surface area contributed by atoms with E-state index in [0.717, 1.165) is 38.8 Å². The van der Waals surface area contributed by atoms with Gasteiger partial charge in [0.05, 0.1) is 12.6 Å². The van der Waals surface area contributed by atoms with Gasteiger partial charge in [-0.05, 0) is 38.1 Å². The van der Waals surface area contributed by atoms with Crippen LogP contribution in [0.25, 0.3) is 0 Å². The van der Waals surface area contributed by atoms with Crippen LogP contribution in [0.2, 0.25) is 0 Å².